The molecule has 0 bridgehead atoms. The molecule has 0 spiro atoms. The Labute approximate surface area is 104 Å². The van der Waals surface area contributed by atoms with Crippen LogP contribution in [0.15, 0.2) is 18.2 Å². The van der Waals surface area contributed by atoms with Crippen LogP contribution in [0.1, 0.15) is 37.3 Å². The molecule has 1 aliphatic rings. The van der Waals surface area contributed by atoms with Crippen LogP contribution in [0.3, 0.4) is 0 Å². The fourth-order valence-electron chi connectivity index (χ4n) is 2.36. The van der Waals surface area contributed by atoms with Gasteiger partial charge in [0, 0.05) is 0 Å². The molecule has 17 heavy (non-hydrogen) atoms. The van der Waals surface area contributed by atoms with E-state index in [4.69, 9.17) is 4.74 Å². The van der Waals surface area contributed by atoms with Crippen molar-refractivity contribution < 1.29 is 4.74 Å². The average Bonchev–Trinajstić information content (AvgIpc) is 2.38. The third kappa shape index (κ3) is 3.74. The molecule has 0 aliphatic heterocycles. The maximum Gasteiger partial charge on any atom is 0.119 e. The monoisotopic (exact) mass is 233 g/mol. The Kier molecular flexibility index (Phi) is 4.87. The van der Waals surface area contributed by atoms with Crippen LogP contribution in [0.2, 0.25) is 0 Å². The van der Waals surface area contributed by atoms with Crippen LogP contribution in [0.4, 0.5) is 0 Å². The van der Waals surface area contributed by atoms with Gasteiger partial charge in [-0.15, -0.1) is 0 Å². The lowest BCUT2D eigenvalue weighted by atomic mass is 9.92. The van der Waals surface area contributed by atoms with Gasteiger partial charge in [-0.3, -0.25) is 0 Å². The minimum absolute atomic E-state index is 0.811. The Bertz CT molecular complexity index is 349. The van der Waals surface area contributed by atoms with Crippen molar-refractivity contribution in [1.29, 1.82) is 0 Å². The van der Waals surface area contributed by atoms with Crippen molar-refractivity contribution in [3.8, 4) is 5.75 Å². The number of rotatable bonds is 6. The average molecular weight is 233 g/mol. The molecule has 1 aliphatic carbocycles. The van der Waals surface area contributed by atoms with Gasteiger partial charge in [0.15, 0.2) is 0 Å². The molecule has 94 valence electrons. The van der Waals surface area contributed by atoms with E-state index < -0.39 is 0 Å². The van der Waals surface area contributed by atoms with Crippen molar-refractivity contribution in [3.63, 3.8) is 0 Å². The number of hydrogen-bond donors (Lipinski definition) is 1. The summed E-state index contributed by atoms with van der Waals surface area (Å²) < 4.78 is 5.78. The van der Waals surface area contributed by atoms with E-state index in [1.165, 1.54) is 36.8 Å². The fraction of sp³-hybridized carbons (Fsp3) is 0.600. The number of benzene rings is 1. The summed E-state index contributed by atoms with van der Waals surface area (Å²) in [6.45, 7) is 5.02. The Morgan fingerprint density at radius 2 is 2.00 bits per heavy atom. The van der Waals surface area contributed by atoms with Gasteiger partial charge in [0.25, 0.3) is 0 Å². The van der Waals surface area contributed by atoms with Crippen LogP contribution < -0.4 is 10.1 Å². The number of fused-ring (bicyclic) bond motifs is 1. The van der Waals surface area contributed by atoms with Crippen LogP contribution in [0.25, 0.3) is 0 Å². The zero-order valence-electron chi connectivity index (χ0n) is 10.8. The van der Waals surface area contributed by atoms with Crippen molar-refractivity contribution in [2.45, 2.75) is 39.0 Å². The Balaban J connectivity index is 1.81. The van der Waals surface area contributed by atoms with Gasteiger partial charge < -0.3 is 10.1 Å². The van der Waals surface area contributed by atoms with Gasteiger partial charge in [-0.1, -0.05) is 13.0 Å². The summed E-state index contributed by atoms with van der Waals surface area (Å²) in [4.78, 5) is 0. The first-order chi connectivity index (χ1) is 8.40. The standard InChI is InChI=1S/C15H23NO/c1-2-16-10-5-11-17-15-9-8-13-6-3-4-7-14(13)12-15/h8-9,12,16H,2-7,10-11H2,1H3. The van der Waals surface area contributed by atoms with E-state index in [-0.39, 0.29) is 0 Å². The molecule has 2 heteroatoms. The summed E-state index contributed by atoms with van der Waals surface area (Å²) in [6.07, 6.45) is 6.22. The molecule has 0 unspecified atom stereocenters. The van der Waals surface area contributed by atoms with Gasteiger partial charge in [-0.2, -0.15) is 0 Å². The topological polar surface area (TPSA) is 21.3 Å². The molecule has 0 radical (unpaired) electrons. The molecule has 0 aromatic heterocycles. The summed E-state index contributed by atoms with van der Waals surface area (Å²) in [5.74, 6) is 1.04. The molecule has 0 amide bonds. The SMILES string of the molecule is CCNCCCOc1ccc2c(c1)CCCC2. The summed E-state index contributed by atoms with van der Waals surface area (Å²) in [5, 5.41) is 3.30. The minimum Gasteiger partial charge on any atom is -0.494 e. The van der Waals surface area contributed by atoms with E-state index in [9.17, 15) is 0 Å². The fourth-order valence-corrected chi connectivity index (χ4v) is 2.36. The molecule has 0 heterocycles. The van der Waals surface area contributed by atoms with Crippen LogP contribution in [0.5, 0.6) is 5.75 Å². The Morgan fingerprint density at radius 1 is 1.18 bits per heavy atom. The van der Waals surface area contributed by atoms with E-state index in [1.807, 2.05) is 0 Å². The predicted octanol–water partition coefficient (Wildman–Crippen LogP) is 2.94. The summed E-state index contributed by atoms with van der Waals surface area (Å²) >= 11 is 0. The third-order valence-corrected chi connectivity index (χ3v) is 3.34. The molecule has 0 atom stereocenters. The Morgan fingerprint density at radius 3 is 2.82 bits per heavy atom. The molecule has 1 aromatic rings. The molecule has 0 saturated heterocycles. The van der Waals surface area contributed by atoms with Gasteiger partial charge in [0.05, 0.1) is 6.61 Å². The van der Waals surface area contributed by atoms with Crippen LogP contribution >= 0.6 is 0 Å². The second kappa shape index (κ2) is 6.65. The zero-order chi connectivity index (χ0) is 11.9. The van der Waals surface area contributed by atoms with Crippen LogP contribution in [-0.4, -0.2) is 19.7 Å². The summed E-state index contributed by atoms with van der Waals surface area (Å²) in [5.41, 5.74) is 3.02. The number of hydrogen-bond acceptors (Lipinski definition) is 2. The van der Waals surface area contributed by atoms with Gasteiger partial charge in [0.1, 0.15) is 5.75 Å². The van der Waals surface area contributed by atoms with Gasteiger partial charge in [0.2, 0.25) is 0 Å². The Hall–Kier alpha value is -1.02. The molecule has 0 saturated carbocycles. The lowest BCUT2D eigenvalue weighted by molar-refractivity contribution is 0.308. The third-order valence-electron chi connectivity index (χ3n) is 3.34. The maximum atomic E-state index is 5.78. The summed E-state index contributed by atoms with van der Waals surface area (Å²) in [7, 11) is 0. The summed E-state index contributed by atoms with van der Waals surface area (Å²) in [6, 6.07) is 6.60. The molecule has 1 N–H and O–H groups in total. The predicted molar refractivity (Wildman–Crippen MR) is 71.7 cm³/mol. The highest BCUT2D eigenvalue weighted by Crippen LogP contribution is 2.25. The molecule has 1 aromatic carbocycles. The highest BCUT2D eigenvalue weighted by Gasteiger charge is 2.09. The van der Waals surface area contributed by atoms with Crippen LogP contribution in [0, 0.1) is 0 Å². The second-order valence-electron chi connectivity index (χ2n) is 4.69. The smallest absolute Gasteiger partial charge is 0.119 e. The van der Waals surface area contributed by atoms with Crippen molar-refractivity contribution in [1.82, 2.24) is 5.32 Å². The first-order valence-electron chi connectivity index (χ1n) is 6.85. The number of ether oxygens (including phenoxy) is 1. The van der Waals surface area contributed by atoms with Crippen molar-refractivity contribution in [3.05, 3.63) is 29.3 Å². The second-order valence-corrected chi connectivity index (χ2v) is 4.69. The number of aryl methyl sites for hydroxylation is 2. The first kappa shape index (κ1) is 12.4. The lowest BCUT2D eigenvalue weighted by Gasteiger charge is -2.16. The highest BCUT2D eigenvalue weighted by molar-refractivity contribution is 5.37. The first-order valence-corrected chi connectivity index (χ1v) is 6.85. The van der Waals surface area contributed by atoms with Gasteiger partial charge >= 0.3 is 0 Å². The number of nitrogens with one attached hydrogen (secondary N) is 1. The normalized spacial score (nSPS) is 14.4. The minimum atomic E-state index is 0.811. The van der Waals surface area contributed by atoms with E-state index in [0.717, 1.165) is 31.9 Å². The molecular formula is C15H23NO. The molecule has 2 rings (SSSR count). The van der Waals surface area contributed by atoms with E-state index in [0.29, 0.717) is 0 Å². The quantitative estimate of drug-likeness (QED) is 0.763. The molecule has 0 fully saturated rings. The highest BCUT2D eigenvalue weighted by atomic mass is 16.5. The largest absolute Gasteiger partial charge is 0.494 e. The van der Waals surface area contributed by atoms with E-state index in [2.05, 4.69) is 30.4 Å². The lowest BCUT2D eigenvalue weighted by Crippen LogP contribution is -2.16. The molecular weight excluding hydrogens is 210 g/mol. The van der Waals surface area contributed by atoms with Gasteiger partial charge in [-0.25, -0.2) is 0 Å². The van der Waals surface area contributed by atoms with E-state index in [1.54, 1.807) is 0 Å². The van der Waals surface area contributed by atoms with Crippen molar-refractivity contribution in [2.24, 2.45) is 0 Å². The maximum absolute atomic E-state index is 5.78. The van der Waals surface area contributed by atoms with Gasteiger partial charge in [-0.05, 0) is 68.5 Å². The van der Waals surface area contributed by atoms with Crippen LogP contribution in [-0.2, 0) is 12.8 Å². The van der Waals surface area contributed by atoms with E-state index >= 15 is 0 Å². The van der Waals surface area contributed by atoms with Crippen molar-refractivity contribution >= 4 is 0 Å². The van der Waals surface area contributed by atoms with Crippen molar-refractivity contribution in [2.75, 3.05) is 19.7 Å². The zero-order valence-corrected chi connectivity index (χ0v) is 10.8. The molecule has 2 nitrogen and oxygen atoms in total.